The summed E-state index contributed by atoms with van der Waals surface area (Å²) in [4.78, 5) is 0. The molecule has 0 aliphatic rings. The Morgan fingerprint density at radius 2 is 0.196 bits per heavy atom. The van der Waals surface area contributed by atoms with Gasteiger partial charge in [-0.05, 0) is 103 Å². The first kappa shape index (κ1) is 34.7. The Morgan fingerprint density at radius 3 is 0.286 bits per heavy atom. The van der Waals surface area contributed by atoms with Crippen molar-refractivity contribution in [2.24, 2.45) is 0 Å². The van der Waals surface area contributed by atoms with Gasteiger partial charge in [-0.15, -0.1) is 0 Å². The molecule has 0 atom stereocenters. The zero-order valence-electron chi connectivity index (χ0n) is 31.8. The highest BCUT2D eigenvalue weighted by Crippen LogP contribution is 2.32. The minimum atomic E-state index is 1.21. The molecule has 0 aliphatic carbocycles. The van der Waals surface area contributed by atoms with Gasteiger partial charge in [-0.2, -0.15) is 0 Å². The zero-order valence-corrected chi connectivity index (χ0v) is 31.8. The van der Waals surface area contributed by atoms with Crippen LogP contribution in [-0.2, 0) is 0 Å². The Hall–Kier alpha value is -7.02. The molecule has 9 aromatic rings. The molecule has 0 aliphatic heterocycles. The molecule has 266 valence electrons. The Labute approximate surface area is 331 Å². The molecule has 56 heavy (non-hydrogen) atoms. The monoisotopic (exact) mass is 714 g/mol. The van der Waals surface area contributed by atoms with E-state index < -0.39 is 0 Å². The van der Waals surface area contributed by atoms with Crippen molar-refractivity contribution in [3.8, 4) is 89.0 Å². The van der Waals surface area contributed by atoms with E-state index in [0.717, 1.165) is 0 Å². The lowest BCUT2D eigenvalue weighted by atomic mass is 9.95. The van der Waals surface area contributed by atoms with E-state index >= 15 is 0 Å². The summed E-state index contributed by atoms with van der Waals surface area (Å²) in [7, 11) is 0. The third kappa shape index (κ3) is 7.51. The summed E-state index contributed by atoms with van der Waals surface area (Å²) in [6.45, 7) is 4.25. The van der Waals surface area contributed by atoms with Crippen molar-refractivity contribution in [3.05, 3.63) is 230 Å². The predicted molar refractivity (Wildman–Crippen MR) is 239 cm³/mol. The van der Waals surface area contributed by atoms with Crippen LogP contribution in [0.5, 0.6) is 0 Å². The smallest absolute Gasteiger partial charge is 0.0184 e. The Bertz CT molecular complexity index is 2490. The number of benzene rings is 9. The lowest BCUT2D eigenvalue weighted by Gasteiger charge is -2.09. The van der Waals surface area contributed by atoms with Gasteiger partial charge in [0.05, 0.1) is 0 Å². The fourth-order valence-corrected chi connectivity index (χ4v) is 7.48. The highest BCUT2D eigenvalue weighted by Gasteiger charge is 2.07. The Morgan fingerprint density at radius 1 is 0.125 bits per heavy atom. The van der Waals surface area contributed by atoms with E-state index in [4.69, 9.17) is 0 Å². The van der Waals surface area contributed by atoms with E-state index in [2.05, 4.69) is 232 Å². The van der Waals surface area contributed by atoms with Crippen molar-refractivity contribution < 1.29 is 0 Å². The molecule has 0 heterocycles. The molecule has 0 bridgehead atoms. The molecule has 9 rings (SSSR count). The first-order valence-corrected chi connectivity index (χ1v) is 19.4. The topological polar surface area (TPSA) is 0 Å². The standard InChI is InChI=1S/C56H42/c1-39-3-7-41(8-4-39)43-11-15-45(16-12-43)47-19-23-49(24-20-47)51-27-31-53(32-28-51)55-35-37-56(38-36-55)54-33-29-52(30-34-54)50-25-21-48(22-26-50)46-17-13-44(14-18-46)42-9-5-40(2)6-10-42/h3-38H,1-2H3. The average molecular weight is 715 g/mol. The van der Waals surface area contributed by atoms with Crippen molar-refractivity contribution in [3.63, 3.8) is 0 Å². The number of hydrogen-bond donors (Lipinski definition) is 0. The zero-order chi connectivity index (χ0) is 37.8. The van der Waals surface area contributed by atoms with Crippen LogP contribution in [0.4, 0.5) is 0 Å². The minimum Gasteiger partial charge on any atom is -0.0587 e. The maximum atomic E-state index is 2.23. The van der Waals surface area contributed by atoms with Crippen LogP contribution in [0, 0.1) is 13.8 Å². The van der Waals surface area contributed by atoms with Gasteiger partial charge in [0.2, 0.25) is 0 Å². The second kappa shape index (κ2) is 15.4. The van der Waals surface area contributed by atoms with Crippen molar-refractivity contribution in [2.75, 3.05) is 0 Å². The largest absolute Gasteiger partial charge is 0.0587 e. The number of aryl methyl sites for hydroxylation is 2. The van der Waals surface area contributed by atoms with Gasteiger partial charge >= 0.3 is 0 Å². The molecule has 0 heteroatoms. The van der Waals surface area contributed by atoms with E-state index in [1.807, 2.05) is 0 Å². The highest BCUT2D eigenvalue weighted by molar-refractivity contribution is 5.78. The molecule has 0 amide bonds. The van der Waals surface area contributed by atoms with Crippen molar-refractivity contribution in [1.29, 1.82) is 0 Å². The summed E-state index contributed by atoms with van der Waals surface area (Å²) in [6.07, 6.45) is 0. The molecule has 0 nitrogen and oxygen atoms in total. The third-order valence-electron chi connectivity index (χ3n) is 11.0. The molecule has 0 saturated heterocycles. The molecule has 0 aromatic heterocycles. The lowest BCUT2D eigenvalue weighted by Crippen LogP contribution is -1.84. The SMILES string of the molecule is Cc1ccc(-c2ccc(-c3ccc(-c4ccc(-c5ccc(-c6ccc(-c7ccc(-c8ccc(-c9ccc(C)cc9)cc8)cc7)cc6)cc5)cc4)cc3)cc2)cc1. The van der Waals surface area contributed by atoms with Crippen molar-refractivity contribution in [1.82, 2.24) is 0 Å². The van der Waals surface area contributed by atoms with Gasteiger partial charge in [-0.1, -0.05) is 230 Å². The van der Waals surface area contributed by atoms with E-state index in [1.165, 1.54) is 100 Å². The molecular weight excluding hydrogens is 673 g/mol. The van der Waals surface area contributed by atoms with Crippen LogP contribution >= 0.6 is 0 Å². The van der Waals surface area contributed by atoms with Gasteiger partial charge < -0.3 is 0 Å². The quantitative estimate of drug-likeness (QED) is 0.147. The molecule has 0 saturated carbocycles. The van der Waals surface area contributed by atoms with Gasteiger partial charge in [0.1, 0.15) is 0 Å². The minimum absolute atomic E-state index is 1.21. The molecule has 0 fully saturated rings. The summed E-state index contributed by atoms with van der Waals surface area (Å²) in [5.74, 6) is 0. The Kier molecular flexibility index (Phi) is 9.54. The number of rotatable bonds is 8. The summed E-state index contributed by atoms with van der Waals surface area (Å²) < 4.78 is 0. The summed E-state index contributed by atoms with van der Waals surface area (Å²) >= 11 is 0. The molecule has 0 N–H and O–H groups in total. The van der Waals surface area contributed by atoms with Gasteiger partial charge in [0.15, 0.2) is 0 Å². The van der Waals surface area contributed by atoms with E-state index in [0.29, 0.717) is 0 Å². The van der Waals surface area contributed by atoms with Crippen LogP contribution in [0.1, 0.15) is 11.1 Å². The molecule has 0 unspecified atom stereocenters. The maximum Gasteiger partial charge on any atom is -0.0184 e. The van der Waals surface area contributed by atoms with Crippen LogP contribution in [0.3, 0.4) is 0 Å². The van der Waals surface area contributed by atoms with Gasteiger partial charge in [-0.3, -0.25) is 0 Å². The van der Waals surface area contributed by atoms with E-state index in [-0.39, 0.29) is 0 Å². The fourth-order valence-electron chi connectivity index (χ4n) is 7.48. The first-order valence-electron chi connectivity index (χ1n) is 19.4. The van der Waals surface area contributed by atoms with Crippen LogP contribution in [-0.4, -0.2) is 0 Å². The van der Waals surface area contributed by atoms with Crippen LogP contribution in [0.25, 0.3) is 89.0 Å². The van der Waals surface area contributed by atoms with Gasteiger partial charge in [0, 0.05) is 0 Å². The second-order valence-corrected chi connectivity index (χ2v) is 14.8. The normalized spacial score (nSPS) is 11.0. The molecule has 9 aromatic carbocycles. The van der Waals surface area contributed by atoms with E-state index in [9.17, 15) is 0 Å². The predicted octanol–water partition coefficient (Wildman–Crippen LogP) is 15.6. The van der Waals surface area contributed by atoms with E-state index in [1.54, 1.807) is 0 Å². The molecular formula is C56H42. The van der Waals surface area contributed by atoms with Crippen molar-refractivity contribution >= 4 is 0 Å². The first-order chi connectivity index (χ1) is 27.5. The van der Waals surface area contributed by atoms with Gasteiger partial charge in [-0.25, -0.2) is 0 Å². The Balaban J connectivity index is 0.825. The second-order valence-electron chi connectivity index (χ2n) is 14.8. The highest BCUT2D eigenvalue weighted by atomic mass is 14.1. The van der Waals surface area contributed by atoms with Crippen molar-refractivity contribution in [2.45, 2.75) is 13.8 Å². The van der Waals surface area contributed by atoms with Crippen LogP contribution < -0.4 is 0 Å². The summed E-state index contributed by atoms with van der Waals surface area (Å²) in [6, 6.07) is 79.6. The lowest BCUT2D eigenvalue weighted by molar-refractivity contribution is 1.47. The van der Waals surface area contributed by atoms with Crippen LogP contribution in [0.15, 0.2) is 218 Å². The number of hydrogen-bond acceptors (Lipinski definition) is 0. The summed E-state index contributed by atoms with van der Waals surface area (Å²) in [5.41, 5.74) is 22.2. The average Bonchev–Trinajstić information content (AvgIpc) is 3.27. The molecule has 0 radical (unpaired) electrons. The fraction of sp³-hybridized carbons (Fsp3) is 0.0357. The third-order valence-corrected chi connectivity index (χ3v) is 11.0. The van der Waals surface area contributed by atoms with Gasteiger partial charge in [0.25, 0.3) is 0 Å². The summed E-state index contributed by atoms with van der Waals surface area (Å²) in [5, 5.41) is 0. The molecule has 0 spiro atoms. The maximum absolute atomic E-state index is 2.23. The van der Waals surface area contributed by atoms with Crippen LogP contribution in [0.2, 0.25) is 0 Å².